The summed E-state index contributed by atoms with van der Waals surface area (Å²) in [5.74, 6) is 7.21. The maximum Gasteiger partial charge on any atom is 0.306 e. The average molecular weight is 390 g/mol. The van der Waals surface area contributed by atoms with Gasteiger partial charge in [-0.3, -0.25) is 4.79 Å². The van der Waals surface area contributed by atoms with E-state index in [4.69, 9.17) is 15.0 Å². The van der Waals surface area contributed by atoms with Crippen LogP contribution in [-0.4, -0.2) is 18.7 Å². The number of carbonyl (C=O) groups is 1. The van der Waals surface area contributed by atoms with Gasteiger partial charge in [-0.1, -0.05) is 36.1 Å². The molecule has 1 aliphatic heterocycles. The van der Waals surface area contributed by atoms with Crippen LogP contribution in [0.25, 0.3) is 0 Å². The highest BCUT2D eigenvalue weighted by atomic mass is 16.5. The number of benzene rings is 2. The highest BCUT2D eigenvalue weighted by Crippen LogP contribution is 2.33. The molecule has 0 radical (unpaired) electrons. The molecule has 0 spiro atoms. The van der Waals surface area contributed by atoms with Crippen LogP contribution in [0.5, 0.6) is 5.75 Å². The van der Waals surface area contributed by atoms with Crippen molar-refractivity contribution < 1.29 is 14.3 Å². The minimum atomic E-state index is -0.136. The van der Waals surface area contributed by atoms with Gasteiger partial charge in [0, 0.05) is 12.0 Å². The van der Waals surface area contributed by atoms with Gasteiger partial charge in [0.1, 0.15) is 11.9 Å². The highest BCUT2D eigenvalue weighted by Gasteiger charge is 2.29. The summed E-state index contributed by atoms with van der Waals surface area (Å²) in [6.07, 6.45) is 2.57. The van der Waals surface area contributed by atoms with Crippen LogP contribution in [0.4, 0.5) is 0 Å². The Labute approximate surface area is 171 Å². The lowest BCUT2D eigenvalue weighted by Gasteiger charge is -2.29. The van der Waals surface area contributed by atoms with E-state index in [9.17, 15) is 4.79 Å². The fraction of sp³-hybridized carbons (Fsp3) is 0.375. The second kappa shape index (κ2) is 10.4. The third-order valence-corrected chi connectivity index (χ3v) is 4.96. The van der Waals surface area contributed by atoms with Gasteiger partial charge in [0.25, 0.3) is 0 Å². The predicted octanol–water partition coefficient (Wildman–Crippen LogP) is 5.24. The number of rotatable bonds is 7. The Morgan fingerprint density at radius 3 is 2.62 bits per heavy atom. The van der Waals surface area contributed by atoms with Crippen LogP contribution in [-0.2, 0) is 16.1 Å². The second-order valence-corrected chi connectivity index (χ2v) is 7.10. The molecule has 0 amide bonds. The molecule has 3 rings (SSSR count). The normalized spacial score (nSPS) is 18.3. The van der Waals surface area contributed by atoms with Gasteiger partial charge in [0.15, 0.2) is 0 Å². The Kier molecular flexibility index (Phi) is 7.40. The lowest BCUT2D eigenvalue weighted by atomic mass is 9.87. The van der Waals surface area contributed by atoms with E-state index in [-0.39, 0.29) is 18.0 Å². The monoisotopic (exact) mass is 390 g/mol. The van der Waals surface area contributed by atoms with Crippen LogP contribution in [0.15, 0.2) is 53.6 Å². The summed E-state index contributed by atoms with van der Waals surface area (Å²) in [4.78, 5) is 12.1. The molecule has 0 saturated carbocycles. The van der Waals surface area contributed by atoms with Crippen molar-refractivity contribution >= 4 is 5.97 Å². The fourth-order valence-electron chi connectivity index (χ4n) is 3.50. The van der Waals surface area contributed by atoms with Gasteiger partial charge in [0.05, 0.1) is 19.6 Å². The van der Waals surface area contributed by atoms with Crippen molar-refractivity contribution in [3.8, 4) is 17.6 Å². The molecule has 1 fully saturated rings. The number of nitrogens with one attached hydrogen (secondary N) is 1. The largest absolute Gasteiger partial charge is 0.494 e. The Hall–Kier alpha value is -3.13. The van der Waals surface area contributed by atoms with Crippen LogP contribution >= 0.6 is 0 Å². The number of carbonyl (C=O) groups excluding carboxylic acids is 1. The van der Waals surface area contributed by atoms with Crippen molar-refractivity contribution in [3.63, 3.8) is 0 Å². The minimum absolute atomic E-state index is 0.0943. The minimum Gasteiger partial charge on any atom is -0.494 e. The topological polar surface area (TPSA) is 71.7 Å². The highest BCUT2D eigenvalue weighted by molar-refractivity contribution is 5.71. The Bertz CT molecular complexity index is 879. The first-order chi connectivity index (χ1) is 14.2. The van der Waals surface area contributed by atoms with E-state index in [1.54, 1.807) is 0 Å². The zero-order chi connectivity index (χ0) is 20.5. The smallest absolute Gasteiger partial charge is 0.306 e. The zero-order valence-corrected chi connectivity index (χ0v) is 16.7. The Morgan fingerprint density at radius 2 is 1.93 bits per heavy atom. The van der Waals surface area contributed by atoms with Gasteiger partial charge in [-0.05, 0) is 61.1 Å². The number of esters is 1. The summed E-state index contributed by atoms with van der Waals surface area (Å²) in [5.41, 5.74) is 9.98. The van der Waals surface area contributed by atoms with Crippen molar-refractivity contribution in [2.45, 2.75) is 51.2 Å². The van der Waals surface area contributed by atoms with Gasteiger partial charge in [-0.2, -0.15) is 5.11 Å². The van der Waals surface area contributed by atoms with Gasteiger partial charge < -0.3 is 9.47 Å². The summed E-state index contributed by atoms with van der Waals surface area (Å²) >= 11 is 0. The van der Waals surface area contributed by atoms with E-state index in [1.807, 2.05) is 55.5 Å². The first-order valence-electron chi connectivity index (χ1n) is 10.0. The number of nitrogens with zero attached hydrogens (tertiary/aromatic N) is 1. The van der Waals surface area contributed by atoms with Crippen LogP contribution in [0.3, 0.4) is 0 Å². The standard InChI is InChI=1S/C24H26N2O3/c1-2-28-22-13-11-20(12-14-22)21-15-23(29-24(27)16-21)6-4-3-5-18-7-9-19(10-8-18)17-26-25/h7-14,21,23,25H,2,4,6,15-17H2,1H3/t21-,23-/m1/s1. The molecule has 2 aromatic rings. The predicted molar refractivity (Wildman–Crippen MR) is 111 cm³/mol. The van der Waals surface area contributed by atoms with Gasteiger partial charge in [0.2, 0.25) is 0 Å². The molecule has 5 heteroatoms. The van der Waals surface area contributed by atoms with Crippen LogP contribution < -0.4 is 4.74 Å². The molecule has 2 aromatic carbocycles. The maximum atomic E-state index is 12.1. The summed E-state index contributed by atoms with van der Waals surface area (Å²) in [6, 6.07) is 15.8. The third kappa shape index (κ3) is 6.18. The van der Waals surface area contributed by atoms with Gasteiger partial charge in [-0.15, -0.1) is 0 Å². The van der Waals surface area contributed by atoms with Crippen molar-refractivity contribution in [2.75, 3.05) is 6.61 Å². The van der Waals surface area contributed by atoms with E-state index in [0.717, 1.165) is 35.3 Å². The molecule has 0 unspecified atom stereocenters. The van der Waals surface area contributed by atoms with E-state index in [0.29, 0.717) is 26.0 Å². The number of hydrogen-bond acceptors (Lipinski definition) is 5. The Balaban J connectivity index is 1.53. The van der Waals surface area contributed by atoms with E-state index in [1.165, 1.54) is 0 Å². The second-order valence-electron chi connectivity index (χ2n) is 7.10. The molecule has 29 heavy (non-hydrogen) atoms. The third-order valence-electron chi connectivity index (χ3n) is 4.96. The number of ether oxygens (including phenoxy) is 2. The summed E-state index contributed by atoms with van der Waals surface area (Å²) < 4.78 is 11.0. The molecule has 0 bridgehead atoms. The maximum absolute atomic E-state index is 12.1. The first-order valence-corrected chi connectivity index (χ1v) is 10.0. The molecule has 2 atom stereocenters. The molecular weight excluding hydrogens is 364 g/mol. The molecule has 150 valence electrons. The molecule has 1 N–H and O–H groups in total. The van der Waals surface area contributed by atoms with Crippen molar-refractivity contribution in [1.82, 2.24) is 0 Å². The van der Waals surface area contributed by atoms with Crippen molar-refractivity contribution in [3.05, 3.63) is 65.2 Å². The van der Waals surface area contributed by atoms with Crippen molar-refractivity contribution in [1.29, 1.82) is 5.53 Å². The number of cyclic esters (lactones) is 1. The summed E-state index contributed by atoms with van der Waals surface area (Å²) in [7, 11) is 0. The Morgan fingerprint density at radius 1 is 1.17 bits per heavy atom. The molecular formula is C24H26N2O3. The number of hydrogen-bond donors (Lipinski definition) is 1. The molecule has 1 aliphatic rings. The zero-order valence-electron chi connectivity index (χ0n) is 16.7. The average Bonchev–Trinajstić information content (AvgIpc) is 2.73. The first kappa shape index (κ1) is 20.6. The molecule has 1 heterocycles. The van der Waals surface area contributed by atoms with Gasteiger partial charge >= 0.3 is 5.97 Å². The van der Waals surface area contributed by atoms with Crippen LogP contribution in [0, 0.1) is 17.4 Å². The van der Waals surface area contributed by atoms with E-state index < -0.39 is 0 Å². The van der Waals surface area contributed by atoms with Crippen LogP contribution in [0.2, 0.25) is 0 Å². The lowest BCUT2D eigenvalue weighted by molar-refractivity contribution is -0.155. The fourth-order valence-corrected chi connectivity index (χ4v) is 3.50. The quantitative estimate of drug-likeness (QED) is 0.399. The van der Waals surface area contributed by atoms with Gasteiger partial charge in [-0.25, -0.2) is 5.53 Å². The van der Waals surface area contributed by atoms with Crippen LogP contribution in [0.1, 0.15) is 55.2 Å². The lowest BCUT2D eigenvalue weighted by Crippen LogP contribution is -2.28. The van der Waals surface area contributed by atoms with E-state index >= 15 is 0 Å². The molecule has 5 nitrogen and oxygen atoms in total. The molecule has 0 aromatic heterocycles. The van der Waals surface area contributed by atoms with E-state index in [2.05, 4.69) is 17.0 Å². The molecule has 1 saturated heterocycles. The summed E-state index contributed by atoms with van der Waals surface area (Å²) in [6.45, 7) is 3.00. The summed E-state index contributed by atoms with van der Waals surface area (Å²) in [5, 5.41) is 3.38. The molecule has 0 aliphatic carbocycles. The van der Waals surface area contributed by atoms with Crippen molar-refractivity contribution in [2.24, 2.45) is 5.11 Å². The SMILES string of the molecule is CCOc1ccc([C@H]2CC(=O)O[C@H](CCC#Cc3ccc(CN=N)cc3)C2)cc1.